The molecule has 0 aliphatic carbocycles. The third-order valence-corrected chi connectivity index (χ3v) is 6.01. The van der Waals surface area contributed by atoms with Crippen molar-refractivity contribution in [1.82, 2.24) is 0 Å². The fraction of sp³-hybridized carbons (Fsp3) is 0.138. The molecule has 1 aliphatic rings. The van der Waals surface area contributed by atoms with Crippen LogP contribution in [-0.4, -0.2) is 24.9 Å². The second-order valence-electron chi connectivity index (χ2n) is 8.24. The molecule has 1 N–H and O–H groups in total. The van der Waals surface area contributed by atoms with Gasteiger partial charge in [-0.1, -0.05) is 54.6 Å². The minimum atomic E-state index is -0.411. The van der Waals surface area contributed by atoms with Gasteiger partial charge in [-0.05, 0) is 59.2 Å². The van der Waals surface area contributed by atoms with Crippen molar-refractivity contribution in [1.29, 1.82) is 0 Å². The van der Waals surface area contributed by atoms with Crippen molar-refractivity contribution in [2.24, 2.45) is 0 Å². The quantitative estimate of drug-likeness (QED) is 0.343. The van der Waals surface area contributed by atoms with Crippen LogP contribution in [0.2, 0.25) is 0 Å². The van der Waals surface area contributed by atoms with E-state index in [0.717, 1.165) is 22.3 Å². The summed E-state index contributed by atoms with van der Waals surface area (Å²) in [4.78, 5) is 14.4. The number of carbonyl (C=O) groups excluding carboxylic acids is 1. The van der Waals surface area contributed by atoms with Crippen LogP contribution in [0, 0.1) is 0 Å². The van der Waals surface area contributed by atoms with Gasteiger partial charge in [0.2, 0.25) is 0 Å². The molecule has 5 rings (SSSR count). The number of phenols is 1. The average molecular weight is 468 g/mol. The predicted molar refractivity (Wildman–Crippen MR) is 134 cm³/mol. The minimum absolute atomic E-state index is 0.193. The van der Waals surface area contributed by atoms with Gasteiger partial charge >= 0.3 is 6.09 Å². The van der Waals surface area contributed by atoms with Gasteiger partial charge in [-0.15, -0.1) is 0 Å². The van der Waals surface area contributed by atoms with E-state index in [1.807, 2.05) is 78.9 Å². The smallest absolute Gasteiger partial charge is 0.415 e. The molecular weight excluding hydrogens is 442 g/mol. The number of aromatic hydroxyl groups is 1. The summed E-state index contributed by atoms with van der Waals surface area (Å²) in [6, 6.07) is 29.8. The summed E-state index contributed by atoms with van der Waals surface area (Å²) in [7, 11) is 1.60. The highest BCUT2D eigenvalue weighted by Gasteiger charge is 2.37. The van der Waals surface area contributed by atoms with Crippen LogP contribution in [0.15, 0.2) is 97.1 Å². The first-order valence-electron chi connectivity index (χ1n) is 11.3. The Balaban J connectivity index is 1.53. The maximum absolute atomic E-state index is 12.7. The maximum Gasteiger partial charge on any atom is 0.415 e. The Bertz CT molecular complexity index is 1320. The zero-order valence-corrected chi connectivity index (χ0v) is 19.3. The summed E-state index contributed by atoms with van der Waals surface area (Å²) >= 11 is 0. The second-order valence-corrected chi connectivity index (χ2v) is 8.24. The molecule has 4 aromatic carbocycles. The van der Waals surface area contributed by atoms with E-state index in [9.17, 15) is 9.90 Å². The highest BCUT2D eigenvalue weighted by Crippen LogP contribution is 2.40. The highest BCUT2D eigenvalue weighted by atomic mass is 16.6. The van der Waals surface area contributed by atoms with Crippen molar-refractivity contribution in [2.45, 2.75) is 12.6 Å². The lowest BCUT2D eigenvalue weighted by Gasteiger charge is -2.24. The van der Waals surface area contributed by atoms with Crippen LogP contribution in [0.5, 0.6) is 17.2 Å². The summed E-state index contributed by atoms with van der Waals surface area (Å²) in [6.45, 7) is 0.583. The molecule has 1 unspecified atom stereocenters. The summed E-state index contributed by atoms with van der Waals surface area (Å²) in [5.41, 5.74) is 4.35. The van der Waals surface area contributed by atoms with Crippen molar-refractivity contribution in [3.63, 3.8) is 0 Å². The van der Waals surface area contributed by atoms with Gasteiger partial charge in [0, 0.05) is 11.3 Å². The van der Waals surface area contributed by atoms with Crippen LogP contribution in [0.3, 0.4) is 0 Å². The Kier molecular flexibility index (Phi) is 6.26. The summed E-state index contributed by atoms with van der Waals surface area (Å²) in [6.07, 6.45) is -0.411. The summed E-state index contributed by atoms with van der Waals surface area (Å²) in [5.74, 6) is 1.55. The molecule has 1 amide bonds. The van der Waals surface area contributed by atoms with E-state index in [1.54, 1.807) is 30.2 Å². The number of ether oxygens (including phenoxy) is 3. The molecule has 0 aromatic heterocycles. The molecular formula is C29H25NO5. The molecule has 0 radical (unpaired) electrons. The Labute approximate surface area is 203 Å². The number of anilines is 1. The first-order valence-corrected chi connectivity index (χ1v) is 11.3. The Morgan fingerprint density at radius 2 is 1.69 bits per heavy atom. The van der Waals surface area contributed by atoms with E-state index >= 15 is 0 Å². The van der Waals surface area contributed by atoms with Gasteiger partial charge in [0.1, 0.15) is 36.5 Å². The van der Waals surface area contributed by atoms with Crippen LogP contribution in [0.1, 0.15) is 17.2 Å². The average Bonchev–Trinajstić information content (AvgIpc) is 3.29. The first-order chi connectivity index (χ1) is 17.1. The van der Waals surface area contributed by atoms with Gasteiger partial charge in [0.15, 0.2) is 0 Å². The molecule has 0 spiro atoms. The Morgan fingerprint density at radius 3 is 2.43 bits per heavy atom. The summed E-state index contributed by atoms with van der Waals surface area (Å²) in [5, 5.41) is 9.95. The number of cyclic esters (lactones) is 1. The van der Waals surface area contributed by atoms with E-state index in [2.05, 4.69) is 0 Å². The standard InChI is InChI=1S/C29H25NO5/c1-33-25-13-11-23(12-14-25)30-27(19-35-29(30)32)26-15-10-22(21-8-5-9-24(31)16-21)17-28(26)34-18-20-6-3-2-4-7-20/h2-17,27,31H,18-19H2,1H3. The van der Waals surface area contributed by atoms with E-state index in [-0.39, 0.29) is 18.4 Å². The molecule has 6 heteroatoms. The van der Waals surface area contributed by atoms with Crippen LogP contribution >= 0.6 is 0 Å². The molecule has 1 aliphatic heterocycles. The van der Waals surface area contributed by atoms with E-state index in [1.165, 1.54) is 0 Å². The number of hydrogen-bond donors (Lipinski definition) is 1. The van der Waals surface area contributed by atoms with Crippen LogP contribution in [0.4, 0.5) is 10.5 Å². The topological polar surface area (TPSA) is 68.2 Å². The number of methoxy groups -OCH3 is 1. The van der Waals surface area contributed by atoms with Gasteiger partial charge in [-0.2, -0.15) is 0 Å². The van der Waals surface area contributed by atoms with Crippen molar-refractivity contribution >= 4 is 11.8 Å². The lowest BCUT2D eigenvalue weighted by molar-refractivity contribution is 0.178. The maximum atomic E-state index is 12.7. The van der Waals surface area contributed by atoms with Gasteiger partial charge in [0.25, 0.3) is 0 Å². The molecule has 35 heavy (non-hydrogen) atoms. The number of hydrogen-bond acceptors (Lipinski definition) is 5. The summed E-state index contributed by atoms with van der Waals surface area (Å²) < 4.78 is 17.0. The van der Waals surface area contributed by atoms with E-state index in [0.29, 0.717) is 23.8 Å². The van der Waals surface area contributed by atoms with Gasteiger partial charge in [-0.3, -0.25) is 4.90 Å². The van der Waals surface area contributed by atoms with Crippen LogP contribution < -0.4 is 14.4 Å². The Hall–Kier alpha value is -4.45. The molecule has 4 aromatic rings. The Morgan fingerprint density at radius 1 is 0.914 bits per heavy atom. The molecule has 0 saturated carbocycles. The first kappa shape index (κ1) is 22.3. The number of carbonyl (C=O) groups is 1. The molecule has 176 valence electrons. The normalized spacial score (nSPS) is 15.1. The van der Waals surface area contributed by atoms with Crippen LogP contribution in [-0.2, 0) is 11.3 Å². The lowest BCUT2D eigenvalue weighted by Crippen LogP contribution is -2.27. The van der Waals surface area contributed by atoms with E-state index < -0.39 is 6.09 Å². The molecule has 1 saturated heterocycles. The number of nitrogens with zero attached hydrogens (tertiary/aromatic N) is 1. The predicted octanol–water partition coefficient (Wildman–Crippen LogP) is 6.34. The molecule has 6 nitrogen and oxygen atoms in total. The number of benzene rings is 4. The highest BCUT2D eigenvalue weighted by molar-refractivity contribution is 5.91. The van der Waals surface area contributed by atoms with Crippen LogP contribution in [0.25, 0.3) is 11.1 Å². The van der Waals surface area contributed by atoms with Crippen molar-refractivity contribution < 1.29 is 24.1 Å². The largest absolute Gasteiger partial charge is 0.508 e. The monoisotopic (exact) mass is 467 g/mol. The molecule has 1 heterocycles. The molecule has 0 bridgehead atoms. The van der Waals surface area contributed by atoms with Crippen molar-refractivity contribution in [3.8, 4) is 28.4 Å². The lowest BCUT2D eigenvalue weighted by atomic mass is 9.98. The molecule has 1 atom stereocenters. The third kappa shape index (κ3) is 4.77. The zero-order chi connectivity index (χ0) is 24.2. The zero-order valence-electron chi connectivity index (χ0n) is 19.3. The van der Waals surface area contributed by atoms with E-state index in [4.69, 9.17) is 14.2 Å². The fourth-order valence-corrected chi connectivity index (χ4v) is 4.21. The van der Waals surface area contributed by atoms with Gasteiger partial charge < -0.3 is 19.3 Å². The molecule has 1 fully saturated rings. The SMILES string of the molecule is COc1ccc(N2C(=O)OCC2c2ccc(-c3cccc(O)c3)cc2OCc2ccccc2)cc1. The van der Waals surface area contributed by atoms with Crippen molar-refractivity contribution in [3.05, 3.63) is 108 Å². The van der Waals surface area contributed by atoms with Gasteiger partial charge in [-0.25, -0.2) is 4.79 Å². The number of phenolic OH excluding ortho intramolecular Hbond substituents is 1. The number of amides is 1. The van der Waals surface area contributed by atoms with Gasteiger partial charge in [0.05, 0.1) is 7.11 Å². The minimum Gasteiger partial charge on any atom is -0.508 e. The van der Waals surface area contributed by atoms with Crippen molar-refractivity contribution in [2.75, 3.05) is 18.6 Å². The third-order valence-electron chi connectivity index (χ3n) is 6.01. The fourth-order valence-electron chi connectivity index (χ4n) is 4.21. The number of rotatable bonds is 7. The second kappa shape index (κ2) is 9.81.